The number of amides is 2. The highest BCUT2D eigenvalue weighted by atomic mass is 32.1. The Balaban J connectivity index is 1.60. The van der Waals surface area contributed by atoms with E-state index in [0.29, 0.717) is 6.04 Å². The van der Waals surface area contributed by atoms with Crippen LogP contribution in [0.1, 0.15) is 29.5 Å². The second-order valence-corrected chi connectivity index (χ2v) is 6.85. The Kier molecular flexibility index (Phi) is 4.27. The summed E-state index contributed by atoms with van der Waals surface area (Å²) in [6.07, 6.45) is 3.27. The van der Waals surface area contributed by atoms with Crippen LogP contribution in [0.4, 0.5) is 4.79 Å². The first kappa shape index (κ1) is 13.9. The van der Waals surface area contributed by atoms with Gasteiger partial charge in [0, 0.05) is 28.9 Å². The van der Waals surface area contributed by atoms with Crippen LogP contribution in [0.25, 0.3) is 0 Å². The predicted octanol–water partition coefficient (Wildman–Crippen LogP) is 2.30. The normalized spacial score (nSPS) is 20.9. The van der Waals surface area contributed by atoms with E-state index in [9.17, 15) is 4.79 Å². The third-order valence-corrected chi connectivity index (χ3v) is 5.50. The molecule has 0 radical (unpaired) electrons. The topological polar surface area (TPSA) is 35.6 Å². The number of thiophene rings is 1. The number of hydrogen-bond acceptors (Lipinski definition) is 3. The number of aryl methyl sites for hydroxylation is 1. The summed E-state index contributed by atoms with van der Waals surface area (Å²) in [4.78, 5) is 19.3. The summed E-state index contributed by atoms with van der Waals surface area (Å²) >= 11 is 1.84. The Labute approximate surface area is 124 Å². The van der Waals surface area contributed by atoms with Crippen molar-refractivity contribution in [2.45, 2.75) is 38.8 Å². The molecule has 0 bridgehead atoms. The zero-order valence-electron chi connectivity index (χ0n) is 12.1. The number of piperidine rings is 1. The molecule has 1 aromatic rings. The molecule has 2 saturated heterocycles. The van der Waals surface area contributed by atoms with Crippen molar-refractivity contribution in [1.29, 1.82) is 0 Å². The monoisotopic (exact) mass is 293 g/mol. The molecule has 0 spiro atoms. The van der Waals surface area contributed by atoms with E-state index in [1.807, 2.05) is 16.2 Å². The van der Waals surface area contributed by atoms with Crippen molar-refractivity contribution in [2.24, 2.45) is 0 Å². The Morgan fingerprint density at radius 3 is 2.70 bits per heavy atom. The summed E-state index contributed by atoms with van der Waals surface area (Å²) in [6.45, 7) is 6.82. The Bertz CT molecular complexity index is 467. The molecular formula is C15H23N3OS. The Morgan fingerprint density at radius 2 is 2.00 bits per heavy atom. The quantitative estimate of drug-likeness (QED) is 0.924. The maximum absolute atomic E-state index is 12.5. The second-order valence-electron chi connectivity index (χ2n) is 5.60. The third-order valence-electron chi connectivity index (χ3n) is 4.29. The van der Waals surface area contributed by atoms with Crippen LogP contribution in [-0.2, 0) is 13.0 Å². The van der Waals surface area contributed by atoms with Crippen molar-refractivity contribution in [3.05, 3.63) is 21.9 Å². The lowest BCUT2D eigenvalue weighted by Crippen LogP contribution is -2.45. The van der Waals surface area contributed by atoms with Crippen molar-refractivity contribution in [3.63, 3.8) is 0 Å². The van der Waals surface area contributed by atoms with E-state index < -0.39 is 0 Å². The second kappa shape index (κ2) is 6.14. The molecule has 2 fully saturated rings. The Morgan fingerprint density at radius 1 is 1.25 bits per heavy atom. The summed E-state index contributed by atoms with van der Waals surface area (Å²) < 4.78 is 0. The zero-order chi connectivity index (χ0) is 13.9. The molecule has 20 heavy (non-hydrogen) atoms. The molecule has 1 N–H and O–H groups in total. The van der Waals surface area contributed by atoms with Crippen molar-refractivity contribution in [2.75, 3.05) is 26.2 Å². The highest BCUT2D eigenvalue weighted by Gasteiger charge is 2.34. The van der Waals surface area contributed by atoms with Crippen LogP contribution in [0.15, 0.2) is 12.1 Å². The molecule has 0 aromatic carbocycles. The van der Waals surface area contributed by atoms with E-state index in [1.54, 1.807) is 0 Å². The van der Waals surface area contributed by atoms with Crippen LogP contribution in [0.3, 0.4) is 0 Å². The smallest absolute Gasteiger partial charge is 0.320 e. The van der Waals surface area contributed by atoms with Crippen molar-refractivity contribution in [1.82, 2.24) is 15.1 Å². The number of hydrogen-bond donors (Lipinski definition) is 1. The van der Waals surface area contributed by atoms with E-state index in [1.165, 1.54) is 9.75 Å². The maximum Gasteiger partial charge on any atom is 0.320 e. The van der Waals surface area contributed by atoms with E-state index >= 15 is 0 Å². The lowest BCUT2D eigenvalue weighted by atomic mass is 10.1. The van der Waals surface area contributed by atoms with Gasteiger partial charge in [-0.25, -0.2) is 4.79 Å². The SMILES string of the molecule is CCc1ccc(CN2CCN(C3CCNCC3)C2=O)s1. The van der Waals surface area contributed by atoms with Crippen LogP contribution < -0.4 is 5.32 Å². The molecule has 2 aliphatic heterocycles. The van der Waals surface area contributed by atoms with Gasteiger partial charge in [-0.05, 0) is 44.5 Å². The number of rotatable bonds is 4. The van der Waals surface area contributed by atoms with Crippen molar-refractivity contribution in [3.8, 4) is 0 Å². The largest absolute Gasteiger partial charge is 0.320 e. The molecule has 2 aliphatic rings. The molecule has 1 aromatic heterocycles. The first-order chi connectivity index (χ1) is 9.78. The highest BCUT2D eigenvalue weighted by Crippen LogP contribution is 2.23. The molecule has 5 heteroatoms. The fraction of sp³-hybridized carbons (Fsp3) is 0.667. The van der Waals surface area contributed by atoms with Crippen LogP contribution in [0.2, 0.25) is 0 Å². The zero-order valence-corrected chi connectivity index (χ0v) is 12.9. The molecule has 0 aliphatic carbocycles. The summed E-state index contributed by atoms with van der Waals surface area (Å²) in [5.41, 5.74) is 0. The van der Waals surface area contributed by atoms with Crippen LogP contribution in [-0.4, -0.2) is 48.1 Å². The first-order valence-electron chi connectivity index (χ1n) is 7.61. The van der Waals surface area contributed by atoms with E-state index in [-0.39, 0.29) is 6.03 Å². The molecule has 3 rings (SSSR count). The summed E-state index contributed by atoms with van der Waals surface area (Å²) in [5, 5.41) is 3.36. The lowest BCUT2D eigenvalue weighted by molar-refractivity contribution is 0.165. The number of carbonyl (C=O) groups excluding carboxylic acids is 1. The fourth-order valence-electron chi connectivity index (χ4n) is 3.09. The number of carbonyl (C=O) groups is 1. The summed E-state index contributed by atoms with van der Waals surface area (Å²) in [5.74, 6) is 0. The molecule has 0 unspecified atom stereocenters. The van der Waals surface area contributed by atoms with Gasteiger partial charge < -0.3 is 15.1 Å². The average Bonchev–Trinajstić information content (AvgIpc) is 3.08. The lowest BCUT2D eigenvalue weighted by Gasteiger charge is -2.31. The van der Waals surface area contributed by atoms with Gasteiger partial charge in [-0.1, -0.05) is 6.92 Å². The van der Waals surface area contributed by atoms with E-state index in [0.717, 1.165) is 52.0 Å². The minimum atomic E-state index is 0.239. The van der Waals surface area contributed by atoms with Gasteiger partial charge in [-0.3, -0.25) is 0 Å². The summed E-state index contributed by atoms with van der Waals surface area (Å²) in [6, 6.07) is 5.04. The van der Waals surface area contributed by atoms with Crippen LogP contribution in [0.5, 0.6) is 0 Å². The van der Waals surface area contributed by atoms with Gasteiger partial charge in [0.15, 0.2) is 0 Å². The van der Waals surface area contributed by atoms with Gasteiger partial charge in [-0.2, -0.15) is 0 Å². The molecule has 2 amide bonds. The van der Waals surface area contributed by atoms with Gasteiger partial charge in [0.05, 0.1) is 6.54 Å². The number of nitrogens with zero attached hydrogens (tertiary/aromatic N) is 2. The maximum atomic E-state index is 12.5. The highest BCUT2D eigenvalue weighted by molar-refractivity contribution is 7.11. The minimum Gasteiger partial charge on any atom is -0.320 e. The summed E-state index contributed by atoms with van der Waals surface area (Å²) in [7, 11) is 0. The van der Waals surface area contributed by atoms with Gasteiger partial charge in [0.2, 0.25) is 0 Å². The third kappa shape index (κ3) is 2.83. The number of nitrogens with one attached hydrogen (secondary N) is 1. The van der Waals surface area contributed by atoms with E-state index in [2.05, 4.69) is 29.3 Å². The fourth-order valence-corrected chi connectivity index (χ4v) is 4.06. The molecule has 110 valence electrons. The predicted molar refractivity (Wildman–Crippen MR) is 82.1 cm³/mol. The molecule has 0 saturated carbocycles. The minimum absolute atomic E-state index is 0.239. The van der Waals surface area contributed by atoms with E-state index in [4.69, 9.17) is 0 Å². The van der Waals surface area contributed by atoms with Crippen molar-refractivity contribution >= 4 is 17.4 Å². The van der Waals surface area contributed by atoms with Gasteiger partial charge >= 0.3 is 6.03 Å². The van der Waals surface area contributed by atoms with Crippen LogP contribution >= 0.6 is 11.3 Å². The van der Waals surface area contributed by atoms with Crippen LogP contribution in [0, 0.1) is 0 Å². The average molecular weight is 293 g/mol. The molecular weight excluding hydrogens is 270 g/mol. The van der Waals surface area contributed by atoms with Crippen molar-refractivity contribution < 1.29 is 4.79 Å². The number of urea groups is 1. The Hall–Kier alpha value is -1.07. The van der Waals surface area contributed by atoms with Gasteiger partial charge in [0.25, 0.3) is 0 Å². The standard InChI is InChI=1S/C15H23N3OS/c1-2-13-3-4-14(20-13)11-17-9-10-18(15(17)19)12-5-7-16-8-6-12/h3-4,12,16H,2,5-11H2,1H3. The molecule has 4 nitrogen and oxygen atoms in total. The van der Waals surface area contributed by atoms with Gasteiger partial charge in [0.1, 0.15) is 0 Å². The first-order valence-corrected chi connectivity index (χ1v) is 8.43. The molecule has 3 heterocycles. The van der Waals surface area contributed by atoms with Gasteiger partial charge in [-0.15, -0.1) is 11.3 Å². The molecule has 0 atom stereocenters.